The summed E-state index contributed by atoms with van der Waals surface area (Å²) in [5, 5.41) is 6.79. The maximum absolute atomic E-state index is 6.55. The van der Waals surface area contributed by atoms with Crippen molar-refractivity contribution in [1.82, 2.24) is 0 Å². The third-order valence-corrected chi connectivity index (χ3v) is 8.20. The van der Waals surface area contributed by atoms with Crippen LogP contribution in [0.4, 0.5) is 0 Å². The molecule has 1 nitrogen and oxygen atoms in total. The third-order valence-electron chi connectivity index (χ3n) is 8.20. The molecule has 0 aliphatic rings. The van der Waals surface area contributed by atoms with E-state index < -0.39 is 0 Å². The third kappa shape index (κ3) is 4.06. The van der Waals surface area contributed by atoms with Gasteiger partial charge in [-0.2, -0.15) is 0 Å². The summed E-state index contributed by atoms with van der Waals surface area (Å²) in [5.41, 5.74) is 10.2. The van der Waals surface area contributed by atoms with Crippen LogP contribution >= 0.6 is 0 Å². The van der Waals surface area contributed by atoms with E-state index in [9.17, 15) is 0 Å². The van der Waals surface area contributed by atoms with Crippen molar-refractivity contribution in [3.05, 3.63) is 156 Å². The van der Waals surface area contributed by atoms with Crippen molar-refractivity contribution in [2.24, 2.45) is 0 Å². The smallest absolute Gasteiger partial charge is 0.151 e. The Kier molecular flexibility index (Phi) is 6.43. The van der Waals surface area contributed by atoms with Gasteiger partial charge in [-0.25, -0.2) is 0 Å². The Labute approximate surface area is 252 Å². The van der Waals surface area contributed by atoms with Crippen LogP contribution in [0, 0.1) is 30.9 Å². The average Bonchev–Trinajstić information content (AvgIpc) is 3.43. The van der Waals surface area contributed by atoms with Gasteiger partial charge in [0.2, 0.25) is 0 Å². The van der Waals surface area contributed by atoms with E-state index in [2.05, 4.69) is 129 Å². The highest BCUT2D eigenvalue weighted by molar-refractivity contribution is 6.25. The number of benzene rings is 5. The summed E-state index contributed by atoms with van der Waals surface area (Å²) in [5.74, 6) is 6.33. The van der Waals surface area contributed by atoms with Crippen molar-refractivity contribution in [1.29, 1.82) is 0 Å². The van der Waals surface area contributed by atoms with E-state index in [4.69, 9.17) is 4.42 Å². The van der Waals surface area contributed by atoms with Gasteiger partial charge in [-0.15, -0.1) is 5.92 Å². The fourth-order valence-electron chi connectivity index (χ4n) is 6.40. The fraction of sp³-hybridized carbons (Fsp3) is 0.0476. The Balaban J connectivity index is 1.65. The van der Waals surface area contributed by atoms with Crippen LogP contribution in [0.2, 0.25) is 0 Å². The molecule has 0 saturated heterocycles. The average molecular weight is 549 g/mol. The molecule has 7 rings (SSSR count). The molecule has 0 aliphatic carbocycles. The van der Waals surface area contributed by atoms with Gasteiger partial charge < -0.3 is 4.42 Å². The second-order valence-corrected chi connectivity index (χ2v) is 10.6. The Bertz CT molecular complexity index is 2290. The van der Waals surface area contributed by atoms with E-state index in [1.54, 1.807) is 0 Å². The van der Waals surface area contributed by atoms with Crippen molar-refractivity contribution in [2.45, 2.75) is 13.8 Å². The van der Waals surface area contributed by atoms with E-state index in [1.165, 1.54) is 16.3 Å². The molecule has 1 heteroatoms. The molecule has 43 heavy (non-hydrogen) atoms. The molecular weight excluding hydrogens is 520 g/mol. The summed E-state index contributed by atoms with van der Waals surface area (Å²) in [6.45, 7) is 12.0. The highest BCUT2D eigenvalue weighted by atomic mass is 16.3. The van der Waals surface area contributed by atoms with Crippen LogP contribution in [0.3, 0.4) is 0 Å². The zero-order valence-electron chi connectivity index (χ0n) is 24.2. The van der Waals surface area contributed by atoms with Crippen molar-refractivity contribution >= 4 is 55.1 Å². The molecule has 0 saturated carbocycles. The monoisotopic (exact) mass is 548 g/mol. The van der Waals surface area contributed by atoms with E-state index in [-0.39, 0.29) is 0 Å². The molecule has 0 bridgehead atoms. The lowest BCUT2D eigenvalue weighted by molar-refractivity contribution is 0.668. The molecule has 0 N–H and O–H groups in total. The van der Waals surface area contributed by atoms with Gasteiger partial charge in [-0.05, 0) is 93.0 Å². The Morgan fingerprint density at radius 2 is 1.53 bits per heavy atom. The molecule has 0 spiro atoms. The summed E-state index contributed by atoms with van der Waals surface area (Å²) in [4.78, 5) is 0. The number of rotatable bonds is 5. The van der Waals surface area contributed by atoms with Crippen LogP contribution in [0.25, 0.3) is 66.3 Å². The van der Waals surface area contributed by atoms with Gasteiger partial charge in [-0.3, -0.25) is 0 Å². The predicted octanol–water partition coefficient (Wildman–Crippen LogP) is 11.1. The number of furan rings is 1. The number of allylic oxidation sites excluding steroid dienone is 2. The number of hydrogen-bond donors (Lipinski definition) is 0. The van der Waals surface area contributed by atoms with E-state index in [0.717, 1.165) is 71.7 Å². The molecule has 0 atom stereocenters. The molecule has 0 fully saturated rings. The standard InChI is InChI=1S/C42H28O/c1-5-15-30-28(7-3)25-26-37-41-36(23-14-24-38(41)43-42(30)37)40-34-21-12-10-19-32(34)39(33-20-11-13-22-35(33)40)31(16-6-2)29-18-9-8-17-27(29)4/h6-8,10-14,16-17,19-26H,2-3H2,1,4H3/b31-16+. The van der Waals surface area contributed by atoms with Crippen LogP contribution in [0.5, 0.6) is 0 Å². The largest absolute Gasteiger partial charge is 0.455 e. The van der Waals surface area contributed by atoms with Crippen molar-refractivity contribution in [2.75, 3.05) is 0 Å². The van der Waals surface area contributed by atoms with Crippen LogP contribution in [0.1, 0.15) is 34.7 Å². The van der Waals surface area contributed by atoms with E-state index >= 15 is 0 Å². The Morgan fingerprint density at radius 3 is 2.19 bits per heavy atom. The first-order valence-corrected chi connectivity index (χ1v) is 14.4. The van der Waals surface area contributed by atoms with E-state index in [1.807, 2.05) is 31.2 Å². The molecule has 0 radical (unpaired) electrons. The molecule has 1 heterocycles. The second-order valence-electron chi connectivity index (χ2n) is 10.6. The number of hydrogen-bond acceptors (Lipinski definition) is 1. The summed E-state index contributed by atoms with van der Waals surface area (Å²) in [6.07, 6.45) is 5.79. The summed E-state index contributed by atoms with van der Waals surface area (Å²) in [7, 11) is 0. The minimum Gasteiger partial charge on any atom is -0.455 e. The second kappa shape index (κ2) is 10.6. The van der Waals surface area contributed by atoms with Gasteiger partial charge in [-0.1, -0.05) is 116 Å². The SMILES string of the molecule is C=C/C=C(\c1c#cccc1C)c1c2ccccc2c(-c2cccc3oc4c(C#CC)c(C=C)ccc4c23)c2ccccc12. The van der Waals surface area contributed by atoms with Gasteiger partial charge in [0.25, 0.3) is 0 Å². The molecule has 0 unspecified atom stereocenters. The van der Waals surface area contributed by atoms with Crippen LogP contribution < -0.4 is 0 Å². The van der Waals surface area contributed by atoms with E-state index in [0.29, 0.717) is 0 Å². The van der Waals surface area contributed by atoms with Crippen LogP contribution in [-0.2, 0) is 0 Å². The summed E-state index contributed by atoms with van der Waals surface area (Å²) < 4.78 is 6.55. The topological polar surface area (TPSA) is 13.1 Å². The lowest BCUT2D eigenvalue weighted by atomic mass is 9.82. The van der Waals surface area contributed by atoms with Crippen molar-refractivity contribution in [3.8, 4) is 23.0 Å². The van der Waals surface area contributed by atoms with Gasteiger partial charge in [0.05, 0.1) is 5.56 Å². The molecule has 6 aromatic carbocycles. The highest BCUT2D eigenvalue weighted by Gasteiger charge is 2.22. The zero-order valence-corrected chi connectivity index (χ0v) is 24.2. The molecular formula is C42H28O. The molecule has 1 aromatic heterocycles. The van der Waals surface area contributed by atoms with Gasteiger partial charge >= 0.3 is 0 Å². The van der Waals surface area contributed by atoms with Gasteiger partial charge in [0.15, 0.2) is 5.58 Å². The number of fused-ring (bicyclic) bond motifs is 5. The minimum atomic E-state index is 0.793. The molecule has 202 valence electrons. The fourth-order valence-corrected chi connectivity index (χ4v) is 6.40. The lowest BCUT2D eigenvalue weighted by Crippen LogP contribution is -1.96. The molecule has 7 aromatic rings. The molecule has 0 aliphatic heterocycles. The maximum Gasteiger partial charge on any atom is 0.151 e. The first kappa shape index (κ1) is 26.2. The minimum absolute atomic E-state index is 0.793. The summed E-state index contributed by atoms with van der Waals surface area (Å²) >= 11 is 0. The Morgan fingerprint density at radius 1 is 0.814 bits per heavy atom. The number of aryl methyl sites for hydroxylation is 1. The highest BCUT2D eigenvalue weighted by Crippen LogP contribution is 2.47. The van der Waals surface area contributed by atoms with Crippen LogP contribution in [-0.4, -0.2) is 0 Å². The zero-order chi connectivity index (χ0) is 29.5. The first-order valence-electron chi connectivity index (χ1n) is 14.4. The quantitative estimate of drug-likeness (QED) is 0.118. The predicted molar refractivity (Wildman–Crippen MR) is 183 cm³/mol. The lowest BCUT2D eigenvalue weighted by Gasteiger charge is -2.20. The van der Waals surface area contributed by atoms with Gasteiger partial charge in [0, 0.05) is 16.3 Å². The normalized spacial score (nSPS) is 11.4. The first-order chi connectivity index (χ1) is 21.2. The van der Waals surface area contributed by atoms with Crippen LogP contribution in [0.15, 0.2) is 121 Å². The Hall–Kier alpha value is -5.76. The van der Waals surface area contributed by atoms with Crippen molar-refractivity contribution < 1.29 is 4.42 Å². The molecule has 0 amide bonds. The van der Waals surface area contributed by atoms with Gasteiger partial charge in [0.1, 0.15) is 5.58 Å². The van der Waals surface area contributed by atoms with Crippen molar-refractivity contribution in [3.63, 3.8) is 0 Å². The summed E-state index contributed by atoms with van der Waals surface area (Å²) in [6, 6.07) is 38.5. The maximum atomic E-state index is 6.55.